The lowest BCUT2D eigenvalue weighted by molar-refractivity contribution is -0.125. The van der Waals surface area contributed by atoms with Crippen LogP contribution >= 0.6 is 0 Å². The van der Waals surface area contributed by atoms with E-state index in [-0.39, 0.29) is 24.8 Å². The molecule has 0 aliphatic carbocycles. The number of aromatic hydroxyl groups is 1. The molecule has 1 aliphatic rings. The lowest BCUT2D eigenvalue weighted by Crippen LogP contribution is -2.44. The summed E-state index contributed by atoms with van der Waals surface area (Å²) in [5.74, 6) is -0.0498. The monoisotopic (exact) mass is 325 g/mol. The topological polar surface area (TPSA) is 91.2 Å². The molecule has 2 N–H and O–H groups in total. The Labute approximate surface area is 138 Å². The van der Waals surface area contributed by atoms with Crippen molar-refractivity contribution in [2.24, 2.45) is 5.10 Å². The van der Waals surface area contributed by atoms with Crippen LogP contribution in [0.5, 0.6) is 11.5 Å². The van der Waals surface area contributed by atoms with Crippen LogP contribution in [0.4, 0.5) is 5.69 Å². The molecule has 122 valence electrons. The molecule has 1 heterocycles. The van der Waals surface area contributed by atoms with Gasteiger partial charge in [0.05, 0.1) is 11.9 Å². The number of hydrazone groups is 1. The first-order chi connectivity index (χ1) is 11.6. The molecular formula is C17H15N3O4. The number of phenolic OH excluding ortho intramolecular Hbond substituents is 1. The molecule has 0 saturated carbocycles. The number of benzene rings is 2. The van der Waals surface area contributed by atoms with Gasteiger partial charge in [-0.3, -0.25) is 14.5 Å². The third-order valence-electron chi connectivity index (χ3n) is 3.38. The molecule has 0 radical (unpaired) electrons. The number of fused-ring (bicyclic) bond motifs is 1. The zero-order valence-corrected chi connectivity index (χ0v) is 12.7. The van der Waals surface area contributed by atoms with Crippen molar-refractivity contribution < 1.29 is 19.4 Å². The first kappa shape index (κ1) is 15.5. The zero-order valence-electron chi connectivity index (χ0n) is 12.7. The minimum Gasteiger partial charge on any atom is -0.508 e. The Kier molecular flexibility index (Phi) is 4.42. The van der Waals surface area contributed by atoms with E-state index in [0.29, 0.717) is 17.0 Å². The van der Waals surface area contributed by atoms with Gasteiger partial charge in [-0.15, -0.1) is 0 Å². The van der Waals surface area contributed by atoms with Gasteiger partial charge in [-0.05, 0) is 29.8 Å². The fraction of sp³-hybridized carbons (Fsp3) is 0.118. The maximum Gasteiger partial charge on any atom is 0.265 e. The fourth-order valence-electron chi connectivity index (χ4n) is 2.29. The highest BCUT2D eigenvalue weighted by atomic mass is 16.5. The molecule has 1 aliphatic heterocycles. The van der Waals surface area contributed by atoms with Crippen molar-refractivity contribution in [3.63, 3.8) is 0 Å². The summed E-state index contributed by atoms with van der Waals surface area (Å²) < 4.78 is 5.32. The van der Waals surface area contributed by atoms with Crippen LogP contribution in [0, 0.1) is 0 Å². The molecule has 0 atom stereocenters. The second-order valence-corrected chi connectivity index (χ2v) is 5.12. The van der Waals surface area contributed by atoms with Gasteiger partial charge in [0.2, 0.25) is 0 Å². The van der Waals surface area contributed by atoms with Crippen LogP contribution in [0.2, 0.25) is 0 Å². The van der Waals surface area contributed by atoms with E-state index in [0.717, 1.165) is 0 Å². The molecule has 0 bridgehead atoms. The predicted octanol–water partition coefficient (Wildman–Crippen LogP) is 1.27. The van der Waals surface area contributed by atoms with Crippen LogP contribution in [0.1, 0.15) is 5.56 Å². The molecule has 2 amide bonds. The summed E-state index contributed by atoms with van der Waals surface area (Å²) in [6, 6.07) is 13.5. The lowest BCUT2D eigenvalue weighted by Gasteiger charge is -2.28. The van der Waals surface area contributed by atoms with E-state index < -0.39 is 5.91 Å². The largest absolute Gasteiger partial charge is 0.508 e. The highest BCUT2D eigenvalue weighted by Crippen LogP contribution is 2.31. The summed E-state index contributed by atoms with van der Waals surface area (Å²) in [6.07, 6.45) is 1.41. The van der Waals surface area contributed by atoms with Crippen molar-refractivity contribution in [2.45, 2.75) is 0 Å². The number of nitrogens with zero attached hydrogens (tertiary/aromatic N) is 2. The van der Waals surface area contributed by atoms with E-state index in [2.05, 4.69) is 10.5 Å². The van der Waals surface area contributed by atoms with Gasteiger partial charge in [0.15, 0.2) is 6.61 Å². The van der Waals surface area contributed by atoms with E-state index >= 15 is 0 Å². The number of rotatable bonds is 4. The summed E-state index contributed by atoms with van der Waals surface area (Å²) in [5, 5.41) is 13.2. The van der Waals surface area contributed by atoms with Gasteiger partial charge in [0, 0.05) is 0 Å². The number of nitrogens with one attached hydrogen (secondary N) is 1. The number of hydrogen-bond donors (Lipinski definition) is 2. The number of amides is 2. The quantitative estimate of drug-likeness (QED) is 0.654. The van der Waals surface area contributed by atoms with Gasteiger partial charge in [0.25, 0.3) is 11.8 Å². The number of carbonyl (C=O) groups is 2. The van der Waals surface area contributed by atoms with Gasteiger partial charge in [-0.1, -0.05) is 24.3 Å². The Bertz CT molecular complexity index is 804. The molecule has 0 saturated heterocycles. The molecule has 3 rings (SSSR count). The van der Waals surface area contributed by atoms with Crippen LogP contribution in [-0.2, 0) is 9.59 Å². The minimum atomic E-state index is -0.434. The first-order valence-corrected chi connectivity index (χ1v) is 7.26. The second kappa shape index (κ2) is 6.82. The molecular weight excluding hydrogens is 310 g/mol. The molecule has 0 aromatic heterocycles. The molecule has 24 heavy (non-hydrogen) atoms. The van der Waals surface area contributed by atoms with Crippen LogP contribution in [-0.4, -0.2) is 36.3 Å². The van der Waals surface area contributed by atoms with Crippen LogP contribution in [0.3, 0.4) is 0 Å². The SMILES string of the molecule is O=C(CN1C(=O)COc2ccccc21)N/N=C\c1cccc(O)c1. The third kappa shape index (κ3) is 3.52. The third-order valence-corrected chi connectivity index (χ3v) is 3.38. The Morgan fingerprint density at radius 3 is 2.96 bits per heavy atom. The fourth-order valence-corrected chi connectivity index (χ4v) is 2.29. The Balaban J connectivity index is 1.64. The smallest absolute Gasteiger partial charge is 0.265 e. The van der Waals surface area contributed by atoms with Gasteiger partial charge in [-0.25, -0.2) is 5.43 Å². The van der Waals surface area contributed by atoms with Crippen molar-refractivity contribution in [1.29, 1.82) is 0 Å². The first-order valence-electron chi connectivity index (χ1n) is 7.26. The molecule has 7 heteroatoms. The number of ether oxygens (including phenoxy) is 1. The van der Waals surface area contributed by atoms with Crippen molar-refractivity contribution in [2.75, 3.05) is 18.1 Å². The number of phenols is 1. The summed E-state index contributed by atoms with van der Waals surface area (Å²) in [5.41, 5.74) is 3.56. The summed E-state index contributed by atoms with van der Waals surface area (Å²) in [7, 11) is 0. The van der Waals surface area contributed by atoms with Gasteiger partial charge < -0.3 is 9.84 Å². The van der Waals surface area contributed by atoms with E-state index in [4.69, 9.17) is 4.74 Å². The lowest BCUT2D eigenvalue weighted by atomic mass is 10.2. The van der Waals surface area contributed by atoms with Crippen LogP contribution in [0.25, 0.3) is 0 Å². The molecule has 2 aromatic rings. The standard InChI is InChI=1S/C17H15N3O4/c21-13-5-3-4-12(8-13)9-18-19-16(22)10-20-14-6-1-2-7-15(14)24-11-17(20)23/h1-9,21H,10-11H2,(H,19,22)/b18-9-. The second-order valence-electron chi connectivity index (χ2n) is 5.12. The number of para-hydroxylation sites is 2. The normalized spacial score (nSPS) is 13.5. The molecule has 0 fully saturated rings. The number of carbonyl (C=O) groups excluding carboxylic acids is 2. The van der Waals surface area contributed by atoms with Crippen molar-refractivity contribution >= 4 is 23.7 Å². The van der Waals surface area contributed by atoms with E-state index in [1.54, 1.807) is 36.4 Å². The Morgan fingerprint density at radius 2 is 2.12 bits per heavy atom. The van der Waals surface area contributed by atoms with E-state index in [1.807, 2.05) is 0 Å². The number of anilines is 1. The van der Waals surface area contributed by atoms with Gasteiger partial charge in [-0.2, -0.15) is 5.10 Å². The van der Waals surface area contributed by atoms with Crippen LogP contribution in [0.15, 0.2) is 53.6 Å². The number of hydrogen-bond acceptors (Lipinski definition) is 5. The Morgan fingerprint density at radius 1 is 1.29 bits per heavy atom. The molecule has 0 unspecified atom stereocenters. The van der Waals surface area contributed by atoms with Crippen molar-refractivity contribution in [3.05, 3.63) is 54.1 Å². The van der Waals surface area contributed by atoms with Gasteiger partial charge in [0.1, 0.15) is 18.0 Å². The zero-order chi connectivity index (χ0) is 16.9. The van der Waals surface area contributed by atoms with E-state index in [9.17, 15) is 14.7 Å². The predicted molar refractivity (Wildman–Crippen MR) is 88.1 cm³/mol. The average molecular weight is 325 g/mol. The highest BCUT2D eigenvalue weighted by Gasteiger charge is 2.26. The average Bonchev–Trinajstić information content (AvgIpc) is 2.58. The molecule has 2 aromatic carbocycles. The highest BCUT2D eigenvalue weighted by molar-refractivity contribution is 6.02. The maximum atomic E-state index is 12.0. The van der Waals surface area contributed by atoms with E-state index in [1.165, 1.54) is 23.2 Å². The summed E-state index contributed by atoms with van der Waals surface area (Å²) >= 11 is 0. The van der Waals surface area contributed by atoms with Crippen molar-refractivity contribution in [3.8, 4) is 11.5 Å². The van der Waals surface area contributed by atoms with Gasteiger partial charge >= 0.3 is 0 Å². The molecule has 0 spiro atoms. The molecule has 7 nitrogen and oxygen atoms in total. The minimum absolute atomic E-state index is 0.100. The van der Waals surface area contributed by atoms with Crippen molar-refractivity contribution in [1.82, 2.24) is 5.43 Å². The summed E-state index contributed by atoms with van der Waals surface area (Å²) in [4.78, 5) is 25.4. The summed E-state index contributed by atoms with van der Waals surface area (Å²) in [6.45, 7) is -0.257. The maximum absolute atomic E-state index is 12.0. The van der Waals surface area contributed by atoms with Crippen LogP contribution < -0.4 is 15.1 Å². The Hall–Kier alpha value is -3.35.